The van der Waals surface area contributed by atoms with E-state index in [0.29, 0.717) is 16.2 Å². The maximum atomic E-state index is 12.2. The molecule has 0 saturated carbocycles. The summed E-state index contributed by atoms with van der Waals surface area (Å²) >= 11 is 1.42. The Morgan fingerprint density at radius 1 is 1.15 bits per heavy atom. The van der Waals surface area contributed by atoms with E-state index in [1.54, 1.807) is 13.0 Å². The fourth-order valence-electron chi connectivity index (χ4n) is 2.12. The number of carbonyl (C=O) groups is 2. The average molecular weight is 284 g/mol. The molecule has 3 nitrogen and oxygen atoms in total. The van der Waals surface area contributed by atoms with Gasteiger partial charge in [-0.1, -0.05) is 18.2 Å². The van der Waals surface area contributed by atoms with E-state index in [9.17, 15) is 9.59 Å². The van der Waals surface area contributed by atoms with Crippen LogP contribution in [0, 0.1) is 6.92 Å². The summed E-state index contributed by atoms with van der Waals surface area (Å²) in [5.41, 5.74) is 0.486. The summed E-state index contributed by atoms with van der Waals surface area (Å²) in [6.07, 6.45) is 1.35. The molecule has 0 aliphatic rings. The highest BCUT2D eigenvalue weighted by molar-refractivity contribution is 7.20. The van der Waals surface area contributed by atoms with Gasteiger partial charge in [-0.25, -0.2) is 0 Å². The van der Waals surface area contributed by atoms with Gasteiger partial charge >= 0.3 is 0 Å². The predicted molar refractivity (Wildman–Crippen MR) is 78.5 cm³/mol. The Bertz CT molecular complexity index is 762. The molecule has 0 radical (unpaired) electrons. The summed E-state index contributed by atoms with van der Waals surface area (Å²) in [6.45, 7) is 1.72. The lowest BCUT2D eigenvalue weighted by Crippen LogP contribution is -2.07. The monoisotopic (exact) mass is 284 g/mol. The minimum absolute atomic E-state index is 0.118. The summed E-state index contributed by atoms with van der Waals surface area (Å²) in [7, 11) is 0. The Kier molecular flexibility index (Phi) is 3.24. The van der Waals surface area contributed by atoms with E-state index in [0.717, 1.165) is 10.1 Å². The maximum Gasteiger partial charge on any atom is 0.180 e. The van der Waals surface area contributed by atoms with Crippen LogP contribution in [0.15, 0.2) is 47.1 Å². The van der Waals surface area contributed by atoms with E-state index in [-0.39, 0.29) is 18.0 Å². The van der Waals surface area contributed by atoms with Crippen LogP contribution >= 0.6 is 11.3 Å². The van der Waals surface area contributed by atoms with Crippen LogP contribution in [0.1, 0.15) is 32.2 Å². The van der Waals surface area contributed by atoms with Crippen molar-refractivity contribution in [1.29, 1.82) is 0 Å². The van der Waals surface area contributed by atoms with Crippen LogP contribution in [0.3, 0.4) is 0 Å². The molecule has 0 saturated heterocycles. The molecule has 100 valence electrons. The second-order valence-electron chi connectivity index (χ2n) is 4.56. The summed E-state index contributed by atoms with van der Waals surface area (Å²) < 4.78 is 6.15. The normalized spacial score (nSPS) is 10.8. The van der Waals surface area contributed by atoms with Gasteiger partial charge in [-0.05, 0) is 30.5 Å². The molecule has 1 aromatic carbocycles. The van der Waals surface area contributed by atoms with Crippen LogP contribution in [-0.4, -0.2) is 11.6 Å². The summed E-state index contributed by atoms with van der Waals surface area (Å²) in [4.78, 5) is 24.9. The molecule has 2 aromatic heterocycles. The van der Waals surface area contributed by atoms with E-state index < -0.39 is 0 Å². The molecule has 0 atom stereocenters. The van der Waals surface area contributed by atoms with E-state index in [1.807, 2.05) is 30.3 Å². The van der Waals surface area contributed by atoms with Crippen molar-refractivity contribution in [1.82, 2.24) is 0 Å². The maximum absolute atomic E-state index is 12.2. The average Bonchev–Trinajstić information content (AvgIpc) is 3.04. The molecular formula is C16H12O3S. The van der Waals surface area contributed by atoms with Crippen molar-refractivity contribution in [2.24, 2.45) is 0 Å². The molecule has 20 heavy (non-hydrogen) atoms. The van der Waals surface area contributed by atoms with Gasteiger partial charge in [-0.2, -0.15) is 0 Å². The van der Waals surface area contributed by atoms with Gasteiger partial charge in [-0.3, -0.25) is 9.59 Å². The number of hydrogen-bond acceptors (Lipinski definition) is 4. The summed E-state index contributed by atoms with van der Waals surface area (Å²) in [5, 5.41) is 1.03. The summed E-state index contributed by atoms with van der Waals surface area (Å²) in [6, 6.07) is 11.3. The number of furan rings is 1. The van der Waals surface area contributed by atoms with Gasteiger partial charge in [0, 0.05) is 4.70 Å². The minimum Gasteiger partial charge on any atom is -0.469 e. The number of rotatable bonds is 4. The predicted octanol–water partition coefficient (Wildman–Crippen LogP) is 4.26. The van der Waals surface area contributed by atoms with Crippen LogP contribution in [0.4, 0.5) is 0 Å². The molecule has 4 heteroatoms. The molecular weight excluding hydrogens is 272 g/mol. The molecule has 0 aliphatic carbocycles. The Morgan fingerprint density at radius 3 is 2.65 bits per heavy atom. The lowest BCUT2D eigenvalue weighted by atomic mass is 10.1. The molecule has 3 rings (SSSR count). The quantitative estimate of drug-likeness (QED) is 0.531. The van der Waals surface area contributed by atoms with Crippen LogP contribution < -0.4 is 0 Å². The fourth-order valence-corrected chi connectivity index (χ4v) is 3.12. The lowest BCUT2D eigenvalue weighted by Gasteiger charge is -1.97. The van der Waals surface area contributed by atoms with Crippen LogP contribution in [0.25, 0.3) is 10.1 Å². The second-order valence-corrected chi connectivity index (χ2v) is 5.65. The van der Waals surface area contributed by atoms with Crippen molar-refractivity contribution in [2.45, 2.75) is 13.3 Å². The molecule has 3 aromatic rings. The van der Waals surface area contributed by atoms with E-state index in [1.165, 1.54) is 17.6 Å². The van der Waals surface area contributed by atoms with Gasteiger partial charge in [0.25, 0.3) is 0 Å². The van der Waals surface area contributed by atoms with E-state index >= 15 is 0 Å². The molecule has 0 N–H and O–H groups in total. The van der Waals surface area contributed by atoms with E-state index in [2.05, 4.69) is 0 Å². The van der Waals surface area contributed by atoms with Gasteiger partial charge in [0.15, 0.2) is 11.6 Å². The van der Waals surface area contributed by atoms with E-state index in [4.69, 9.17) is 4.42 Å². The van der Waals surface area contributed by atoms with Gasteiger partial charge in [0.2, 0.25) is 0 Å². The highest BCUT2D eigenvalue weighted by Gasteiger charge is 2.18. The Hall–Kier alpha value is -2.20. The van der Waals surface area contributed by atoms with Crippen molar-refractivity contribution in [3.63, 3.8) is 0 Å². The highest BCUT2D eigenvalue weighted by atomic mass is 32.1. The Balaban J connectivity index is 1.82. The topological polar surface area (TPSA) is 47.3 Å². The zero-order chi connectivity index (χ0) is 14.1. The van der Waals surface area contributed by atoms with Crippen molar-refractivity contribution in [2.75, 3.05) is 0 Å². The van der Waals surface area contributed by atoms with Crippen LogP contribution in [0.2, 0.25) is 0 Å². The van der Waals surface area contributed by atoms with Crippen molar-refractivity contribution in [3.8, 4) is 0 Å². The third kappa shape index (κ3) is 2.30. The van der Waals surface area contributed by atoms with Crippen LogP contribution in [0.5, 0.6) is 0 Å². The fraction of sp³-hybridized carbons (Fsp3) is 0.125. The molecule has 0 fully saturated rings. The SMILES string of the molecule is Cc1occc1C(=O)CC(=O)c1cc2ccccc2s1. The highest BCUT2D eigenvalue weighted by Crippen LogP contribution is 2.26. The van der Waals surface area contributed by atoms with Gasteiger partial charge in [0.1, 0.15) is 5.76 Å². The van der Waals surface area contributed by atoms with Gasteiger partial charge in [0.05, 0.1) is 23.1 Å². The largest absolute Gasteiger partial charge is 0.469 e. The molecule has 2 heterocycles. The smallest absolute Gasteiger partial charge is 0.180 e. The zero-order valence-corrected chi connectivity index (χ0v) is 11.7. The zero-order valence-electron chi connectivity index (χ0n) is 10.9. The van der Waals surface area contributed by atoms with Crippen molar-refractivity contribution in [3.05, 3.63) is 58.9 Å². The number of benzene rings is 1. The lowest BCUT2D eigenvalue weighted by molar-refractivity contribution is 0.0896. The molecule has 0 unspecified atom stereocenters. The third-order valence-corrected chi connectivity index (χ3v) is 4.34. The second kappa shape index (κ2) is 5.06. The number of carbonyl (C=O) groups excluding carboxylic acids is 2. The van der Waals surface area contributed by atoms with Gasteiger partial charge < -0.3 is 4.42 Å². The first kappa shape index (κ1) is 12.8. The molecule has 0 amide bonds. The minimum atomic E-state index is -0.196. The Morgan fingerprint density at radius 2 is 1.95 bits per heavy atom. The molecule has 0 bridgehead atoms. The number of thiophene rings is 1. The number of aryl methyl sites for hydroxylation is 1. The first-order valence-electron chi connectivity index (χ1n) is 6.24. The first-order chi connectivity index (χ1) is 9.65. The number of hydrogen-bond donors (Lipinski definition) is 0. The van der Waals surface area contributed by atoms with Gasteiger partial charge in [-0.15, -0.1) is 11.3 Å². The molecule has 0 spiro atoms. The number of Topliss-reactive ketones (excluding diaryl/α,β-unsaturated/α-hetero) is 2. The number of ketones is 2. The number of fused-ring (bicyclic) bond motifs is 1. The summed E-state index contributed by atoms with van der Waals surface area (Å²) in [5.74, 6) is 0.217. The van der Waals surface area contributed by atoms with Crippen molar-refractivity contribution < 1.29 is 14.0 Å². The molecule has 0 aliphatic heterocycles. The third-order valence-electron chi connectivity index (χ3n) is 3.18. The standard InChI is InChI=1S/C16H12O3S/c1-10-12(6-7-19-10)13(17)9-14(18)16-8-11-4-2-3-5-15(11)20-16/h2-8H,9H2,1H3. The van der Waals surface area contributed by atoms with Crippen molar-refractivity contribution >= 4 is 33.0 Å². The first-order valence-corrected chi connectivity index (χ1v) is 7.06. The Labute approximate surface area is 119 Å². The van der Waals surface area contributed by atoms with Crippen LogP contribution in [-0.2, 0) is 0 Å².